The van der Waals surface area contributed by atoms with Gasteiger partial charge in [0.2, 0.25) is 5.13 Å². The minimum absolute atomic E-state index is 0.457. The topological polar surface area (TPSA) is 93.4 Å². The van der Waals surface area contributed by atoms with E-state index >= 15 is 0 Å². The number of ether oxygens (including phenoxy) is 1. The van der Waals surface area contributed by atoms with E-state index in [4.69, 9.17) is 14.6 Å². The van der Waals surface area contributed by atoms with Crippen molar-refractivity contribution >= 4 is 22.4 Å². The van der Waals surface area contributed by atoms with Crippen LogP contribution in [-0.2, 0) is 22.6 Å². The van der Waals surface area contributed by atoms with E-state index in [1.807, 2.05) is 19.4 Å². The normalized spacial score (nSPS) is 19.2. The number of aliphatic carboxylic acids is 1. The number of alkyl halides is 3. The smallest absolute Gasteiger partial charge is 0.475 e. The molecule has 1 aliphatic carbocycles. The van der Waals surface area contributed by atoms with Crippen LogP contribution < -0.4 is 4.90 Å². The standard InChI is InChI=1S/C15H21N5OS.C2HF3O2/c1-11-17-18-15(22-11)19-5-13(9-21-8-12-2-3-12)6-20-10-16-4-14(20)7-19;3-2(4,5)1(6)7/h4,10,12-13H,2-3,5-9H2,1H3;(H,6,7). The summed E-state index contributed by atoms with van der Waals surface area (Å²) in [4.78, 5) is 15.5. The fraction of sp³-hybridized carbons (Fsp3) is 0.647. The summed E-state index contributed by atoms with van der Waals surface area (Å²) in [5, 5.41) is 17.6. The van der Waals surface area contributed by atoms with Crippen LogP contribution in [0.15, 0.2) is 12.5 Å². The maximum atomic E-state index is 10.6. The lowest BCUT2D eigenvalue weighted by atomic mass is 10.1. The molecule has 2 aromatic heterocycles. The number of hydrogen-bond acceptors (Lipinski definition) is 7. The summed E-state index contributed by atoms with van der Waals surface area (Å²) in [6.45, 7) is 6.50. The first kappa shape index (κ1) is 21.5. The Morgan fingerprint density at radius 1 is 1.28 bits per heavy atom. The first-order valence-electron chi connectivity index (χ1n) is 9.14. The van der Waals surface area contributed by atoms with Crippen LogP contribution in [0.2, 0.25) is 0 Å². The Labute approximate surface area is 169 Å². The molecule has 0 amide bonds. The Bertz CT molecular complexity index is 821. The molecule has 2 aliphatic rings. The van der Waals surface area contributed by atoms with E-state index in [9.17, 15) is 13.2 Å². The van der Waals surface area contributed by atoms with Crippen LogP contribution in [0.4, 0.5) is 18.3 Å². The SMILES string of the molecule is Cc1nnc(N2Cc3cncn3CC(COCC3CC3)C2)s1.O=C(O)C(F)(F)F. The molecule has 0 saturated heterocycles. The highest BCUT2D eigenvalue weighted by atomic mass is 32.1. The zero-order valence-corrected chi connectivity index (χ0v) is 16.6. The Hall–Kier alpha value is -2.21. The number of hydrogen-bond donors (Lipinski definition) is 1. The van der Waals surface area contributed by atoms with Crippen LogP contribution >= 0.6 is 11.3 Å². The van der Waals surface area contributed by atoms with Gasteiger partial charge < -0.3 is 19.3 Å². The highest BCUT2D eigenvalue weighted by Crippen LogP contribution is 2.30. The van der Waals surface area contributed by atoms with Crippen LogP contribution in [0.5, 0.6) is 0 Å². The van der Waals surface area contributed by atoms with Gasteiger partial charge in [0.05, 0.1) is 25.2 Å². The second-order valence-electron chi connectivity index (χ2n) is 7.17. The molecular formula is C17H22F3N5O3S. The van der Waals surface area contributed by atoms with Crippen LogP contribution in [0.25, 0.3) is 0 Å². The fourth-order valence-electron chi connectivity index (χ4n) is 2.90. The van der Waals surface area contributed by atoms with E-state index < -0.39 is 12.1 Å². The number of imidazole rings is 1. The number of carbonyl (C=O) groups is 1. The Balaban J connectivity index is 0.000000298. The van der Waals surface area contributed by atoms with Crippen LogP contribution in [-0.4, -0.2) is 56.8 Å². The third-order valence-electron chi connectivity index (χ3n) is 4.52. The van der Waals surface area contributed by atoms with Crippen molar-refractivity contribution in [3.8, 4) is 0 Å². The summed E-state index contributed by atoms with van der Waals surface area (Å²) in [6.07, 6.45) is 1.48. The molecule has 1 aliphatic heterocycles. The number of carboxylic acid groups (broad SMARTS) is 1. The largest absolute Gasteiger partial charge is 0.490 e. The van der Waals surface area contributed by atoms with Gasteiger partial charge in [-0.2, -0.15) is 13.2 Å². The number of aryl methyl sites for hydroxylation is 1. The lowest BCUT2D eigenvalue weighted by molar-refractivity contribution is -0.192. The first-order valence-corrected chi connectivity index (χ1v) is 9.96. The van der Waals surface area contributed by atoms with Gasteiger partial charge >= 0.3 is 12.1 Å². The average Bonchev–Trinajstić information content (AvgIpc) is 3.26. The lowest BCUT2D eigenvalue weighted by Gasteiger charge is -2.23. The number of nitrogens with zero attached hydrogens (tertiary/aromatic N) is 5. The summed E-state index contributed by atoms with van der Waals surface area (Å²) < 4.78 is 39.9. The van der Waals surface area contributed by atoms with Crippen molar-refractivity contribution in [1.29, 1.82) is 0 Å². The van der Waals surface area contributed by atoms with Gasteiger partial charge in [-0.3, -0.25) is 0 Å². The summed E-state index contributed by atoms with van der Waals surface area (Å²) in [7, 11) is 0. The van der Waals surface area contributed by atoms with Crippen molar-refractivity contribution in [2.24, 2.45) is 11.8 Å². The van der Waals surface area contributed by atoms with E-state index in [-0.39, 0.29) is 0 Å². The third-order valence-corrected chi connectivity index (χ3v) is 5.42. The van der Waals surface area contributed by atoms with Gasteiger partial charge in [-0.05, 0) is 25.7 Å². The highest BCUT2D eigenvalue weighted by Gasteiger charge is 2.38. The summed E-state index contributed by atoms with van der Waals surface area (Å²) >= 11 is 1.65. The number of halogens is 3. The Morgan fingerprint density at radius 2 is 1.97 bits per heavy atom. The first-order chi connectivity index (χ1) is 13.7. The molecule has 1 N–H and O–H groups in total. The number of fused-ring (bicyclic) bond motifs is 1. The molecule has 12 heteroatoms. The molecule has 3 heterocycles. The highest BCUT2D eigenvalue weighted by molar-refractivity contribution is 7.15. The summed E-state index contributed by atoms with van der Waals surface area (Å²) in [6, 6.07) is 0. The van der Waals surface area contributed by atoms with Crippen LogP contribution in [0, 0.1) is 18.8 Å². The Kier molecular flexibility index (Phi) is 6.73. The maximum Gasteiger partial charge on any atom is 0.490 e. The molecule has 0 bridgehead atoms. The van der Waals surface area contributed by atoms with E-state index in [1.165, 1.54) is 18.5 Å². The zero-order chi connectivity index (χ0) is 21.0. The van der Waals surface area contributed by atoms with Gasteiger partial charge in [-0.15, -0.1) is 10.2 Å². The van der Waals surface area contributed by atoms with Gasteiger partial charge in [0.1, 0.15) is 5.01 Å². The number of aromatic nitrogens is 4. The van der Waals surface area contributed by atoms with Crippen molar-refractivity contribution in [2.75, 3.05) is 24.7 Å². The summed E-state index contributed by atoms with van der Waals surface area (Å²) in [5.74, 6) is -1.48. The van der Waals surface area contributed by atoms with Gasteiger partial charge in [0.15, 0.2) is 0 Å². The molecule has 1 unspecified atom stereocenters. The van der Waals surface area contributed by atoms with E-state index in [2.05, 4.69) is 24.6 Å². The second kappa shape index (κ2) is 9.08. The van der Waals surface area contributed by atoms with Crippen molar-refractivity contribution < 1.29 is 27.8 Å². The molecule has 2 aromatic rings. The number of rotatable bonds is 5. The van der Waals surface area contributed by atoms with Gasteiger partial charge in [-0.1, -0.05) is 11.3 Å². The average molecular weight is 433 g/mol. The van der Waals surface area contributed by atoms with Crippen LogP contribution in [0.3, 0.4) is 0 Å². The molecule has 1 atom stereocenters. The minimum Gasteiger partial charge on any atom is -0.475 e. The van der Waals surface area contributed by atoms with E-state index in [1.54, 1.807) is 11.3 Å². The summed E-state index contributed by atoms with van der Waals surface area (Å²) in [5.41, 5.74) is 1.23. The molecule has 1 fully saturated rings. The zero-order valence-electron chi connectivity index (χ0n) is 15.8. The van der Waals surface area contributed by atoms with Crippen LogP contribution in [0.1, 0.15) is 23.5 Å². The van der Waals surface area contributed by atoms with Gasteiger partial charge in [0, 0.05) is 31.8 Å². The van der Waals surface area contributed by atoms with E-state index in [0.717, 1.165) is 48.9 Å². The third kappa shape index (κ3) is 6.39. The van der Waals surface area contributed by atoms with Gasteiger partial charge in [0.25, 0.3) is 0 Å². The molecular weight excluding hydrogens is 411 g/mol. The monoisotopic (exact) mass is 433 g/mol. The lowest BCUT2D eigenvalue weighted by Crippen LogP contribution is -2.30. The Morgan fingerprint density at radius 3 is 2.55 bits per heavy atom. The molecule has 1 saturated carbocycles. The molecule has 8 nitrogen and oxygen atoms in total. The predicted octanol–water partition coefficient (Wildman–Crippen LogP) is 2.74. The fourth-order valence-corrected chi connectivity index (χ4v) is 3.60. The molecule has 0 aromatic carbocycles. The predicted molar refractivity (Wildman–Crippen MR) is 98.6 cm³/mol. The molecule has 0 spiro atoms. The van der Waals surface area contributed by atoms with Crippen molar-refractivity contribution in [3.63, 3.8) is 0 Å². The van der Waals surface area contributed by atoms with Crippen molar-refractivity contribution in [2.45, 2.75) is 39.0 Å². The molecule has 29 heavy (non-hydrogen) atoms. The quantitative estimate of drug-likeness (QED) is 0.775. The van der Waals surface area contributed by atoms with Crippen molar-refractivity contribution in [3.05, 3.63) is 23.2 Å². The maximum absolute atomic E-state index is 10.6. The van der Waals surface area contributed by atoms with Crippen molar-refractivity contribution in [1.82, 2.24) is 19.7 Å². The van der Waals surface area contributed by atoms with E-state index in [0.29, 0.717) is 5.92 Å². The second-order valence-corrected chi connectivity index (χ2v) is 8.33. The molecule has 160 valence electrons. The number of carboxylic acids is 1. The molecule has 0 radical (unpaired) electrons. The molecule has 4 rings (SSSR count). The number of anilines is 1. The minimum atomic E-state index is -5.08. The van der Waals surface area contributed by atoms with Gasteiger partial charge in [-0.25, -0.2) is 9.78 Å².